The predicted molar refractivity (Wildman–Crippen MR) is 91.8 cm³/mol. The highest BCUT2D eigenvalue weighted by molar-refractivity contribution is 4.83. The van der Waals surface area contributed by atoms with Gasteiger partial charge in [-0.15, -0.1) is 0 Å². The van der Waals surface area contributed by atoms with E-state index in [0.29, 0.717) is 0 Å². The molecule has 3 nitrogen and oxygen atoms in total. The maximum atomic E-state index is 3.58. The summed E-state index contributed by atoms with van der Waals surface area (Å²) < 4.78 is 0. The van der Waals surface area contributed by atoms with Gasteiger partial charge in [0, 0.05) is 12.1 Å². The first-order valence-electron chi connectivity index (χ1n) is 9.35. The van der Waals surface area contributed by atoms with Crippen molar-refractivity contribution >= 4 is 0 Å². The van der Waals surface area contributed by atoms with Gasteiger partial charge in [-0.3, -0.25) is 0 Å². The summed E-state index contributed by atoms with van der Waals surface area (Å²) in [5.74, 6) is 0.764. The fourth-order valence-corrected chi connectivity index (χ4v) is 3.86. The summed E-state index contributed by atoms with van der Waals surface area (Å²) in [6.07, 6.45) is 8.39. The Bertz CT molecular complexity index is 266. The van der Waals surface area contributed by atoms with Crippen molar-refractivity contribution in [2.45, 2.75) is 71.4 Å². The first-order valence-corrected chi connectivity index (χ1v) is 9.35. The molecule has 1 N–H and O–H groups in total. The van der Waals surface area contributed by atoms with Crippen molar-refractivity contribution in [3.05, 3.63) is 0 Å². The largest absolute Gasteiger partial charge is 0.316 e. The molecule has 1 unspecified atom stereocenters. The molecule has 2 fully saturated rings. The van der Waals surface area contributed by atoms with Gasteiger partial charge >= 0.3 is 0 Å². The van der Waals surface area contributed by atoms with E-state index in [-0.39, 0.29) is 0 Å². The maximum Gasteiger partial charge on any atom is 0.0120 e. The normalized spacial score (nSPS) is 24.6. The molecular formula is C18H37N3. The molecule has 1 atom stereocenters. The second-order valence-corrected chi connectivity index (χ2v) is 7.60. The highest BCUT2D eigenvalue weighted by atomic mass is 15.2. The fourth-order valence-electron chi connectivity index (χ4n) is 3.86. The summed E-state index contributed by atoms with van der Waals surface area (Å²) >= 11 is 0. The fraction of sp³-hybridized carbons (Fsp3) is 1.00. The molecule has 0 spiro atoms. The van der Waals surface area contributed by atoms with Crippen molar-refractivity contribution < 1.29 is 0 Å². The van der Waals surface area contributed by atoms with Crippen LogP contribution < -0.4 is 5.32 Å². The van der Waals surface area contributed by atoms with Crippen LogP contribution in [-0.2, 0) is 0 Å². The Balaban J connectivity index is 1.61. The third kappa shape index (κ3) is 5.88. The average Bonchev–Trinajstić information content (AvgIpc) is 2.52. The van der Waals surface area contributed by atoms with Gasteiger partial charge in [-0.1, -0.05) is 20.3 Å². The molecule has 0 saturated carbocycles. The smallest absolute Gasteiger partial charge is 0.0120 e. The van der Waals surface area contributed by atoms with E-state index < -0.39 is 0 Å². The summed E-state index contributed by atoms with van der Waals surface area (Å²) in [6.45, 7) is 14.6. The van der Waals surface area contributed by atoms with E-state index in [4.69, 9.17) is 0 Å². The monoisotopic (exact) mass is 295 g/mol. The van der Waals surface area contributed by atoms with Gasteiger partial charge < -0.3 is 15.1 Å². The third-order valence-corrected chi connectivity index (χ3v) is 5.32. The van der Waals surface area contributed by atoms with E-state index >= 15 is 0 Å². The number of nitrogens with zero attached hydrogens (tertiary/aromatic N) is 2. The SMILES string of the molecule is CC(C)CNCCC(C)N1CCC(N2CCCCC2)CC1. The molecule has 2 aliphatic heterocycles. The zero-order valence-corrected chi connectivity index (χ0v) is 14.6. The lowest BCUT2D eigenvalue weighted by atomic mass is 9.98. The highest BCUT2D eigenvalue weighted by Crippen LogP contribution is 2.22. The molecule has 21 heavy (non-hydrogen) atoms. The molecule has 0 aromatic rings. The zero-order valence-electron chi connectivity index (χ0n) is 14.6. The van der Waals surface area contributed by atoms with Crippen LogP contribution in [0.15, 0.2) is 0 Å². The van der Waals surface area contributed by atoms with Crippen LogP contribution in [0.3, 0.4) is 0 Å². The minimum Gasteiger partial charge on any atom is -0.316 e. The van der Waals surface area contributed by atoms with Crippen LogP contribution >= 0.6 is 0 Å². The Morgan fingerprint density at radius 3 is 2.24 bits per heavy atom. The number of likely N-dealkylation sites (tertiary alicyclic amines) is 2. The minimum atomic E-state index is 0.743. The second kappa shape index (κ2) is 9.12. The van der Waals surface area contributed by atoms with Crippen molar-refractivity contribution in [3.8, 4) is 0 Å². The first kappa shape index (κ1) is 17.2. The number of piperidine rings is 2. The van der Waals surface area contributed by atoms with Crippen molar-refractivity contribution in [2.75, 3.05) is 39.3 Å². The lowest BCUT2D eigenvalue weighted by molar-refractivity contribution is 0.0740. The van der Waals surface area contributed by atoms with E-state index in [0.717, 1.165) is 24.5 Å². The Labute approximate surface area is 132 Å². The Morgan fingerprint density at radius 2 is 1.62 bits per heavy atom. The average molecular weight is 296 g/mol. The van der Waals surface area contributed by atoms with E-state index in [1.54, 1.807) is 0 Å². The minimum absolute atomic E-state index is 0.743. The van der Waals surface area contributed by atoms with Crippen LogP contribution in [0.25, 0.3) is 0 Å². The van der Waals surface area contributed by atoms with Crippen LogP contribution in [0, 0.1) is 5.92 Å². The van der Waals surface area contributed by atoms with Gasteiger partial charge in [0.15, 0.2) is 0 Å². The van der Waals surface area contributed by atoms with E-state index in [1.165, 1.54) is 71.2 Å². The summed E-state index contributed by atoms with van der Waals surface area (Å²) in [6, 6.07) is 1.62. The predicted octanol–water partition coefficient (Wildman–Crippen LogP) is 2.96. The Kier molecular flexibility index (Phi) is 7.48. The third-order valence-electron chi connectivity index (χ3n) is 5.32. The van der Waals surface area contributed by atoms with E-state index in [1.807, 2.05) is 0 Å². The van der Waals surface area contributed by atoms with Gasteiger partial charge in [0.25, 0.3) is 0 Å². The summed E-state index contributed by atoms with van der Waals surface area (Å²) in [4.78, 5) is 5.49. The molecule has 0 aromatic heterocycles. The van der Waals surface area contributed by atoms with Gasteiger partial charge in [0.05, 0.1) is 0 Å². The van der Waals surface area contributed by atoms with Crippen LogP contribution in [-0.4, -0.2) is 61.2 Å². The molecule has 2 saturated heterocycles. The Hall–Kier alpha value is -0.120. The standard InChI is InChI=1S/C18H37N3/c1-16(2)15-19-10-7-17(3)20-13-8-18(9-14-20)21-11-5-4-6-12-21/h16-19H,4-15H2,1-3H3. The molecule has 0 radical (unpaired) electrons. The molecule has 2 aliphatic rings. The molecule has 124 valence electrons. The lowest BCUT2D eigenvalue weighted by Gasteiger charge is -2.42. The van der Waals surface area contributed by atoms with Gasteiger partial charge in [0.1, 0.15) is 0 Å². The number of hydrogen-bond donors (Lipinski definition) is 1. The molecule has 2 rings (SSSR count). The summed E-state index contributed by atoms with van der Waals surface area (Å²) in [7, 11) is 0. The quantitative estimate of drug-likeness (QED) is 0.729. The van der Waals surface area contributed by atoms with Gasteiger partial charge in [-0.25, -0.2) is 0 Å². The summed E-state index contributed by atoms with van der Waals surface area (Å²) in [5, 5.41) is 3.58. The van der Waals surface area contributed by atoms with Crippen LogP contribution in [0.4, 0.5) is 0 Å². The molecule has 0 bridgehead atoms. The molecule has 0 aromatic carbocycles. The lowest BCUT2D eigenvalue weighted by Crippen LogP contribution is -2.49. The number of nitrogens with one attached hydrogen (secondary N) is 1. The molecule has 0 amide bonds. The van der Waals surface area contributed by atoms with Gasteiger partial charge in [0.2, 0.25) is 0 Å². The van der Waals surface area contributed by atoms with Crippen LogP contribution in [0.1, 0.15) is 59.3 Å². The Morgan fingerprint density at radius 1 is 0.952 bits per heavy atom. The van der Waals surface area contributed by atoms with Gasteiger partial charge in [-0.2, -0.15) is 0 Å². The number of hydrogen-bond acceptors (Lipinski definition) is 3. The van der Waals surface area contributed by atoms with Crippen molar-refractivity contribution in [1.82, 2.24) is 15.1 Å². The molecule has 3 heteroatoms. The molecule has 2 heterocycles. The molecular weight excluding hydrogens is 258 g/mol. The van der Waals surface area contributed by atoms with Crippen LogP contribution in [0.5, 0.6) is 0 Å². The van der Waals surface area contributed by atoms with E-state index in [9.17, 15) is 0 Å². The molecule has 0 aliphatic carbocycles. The summed E-state index contributed by atoms with van der Waals surface area (Å²) in [5.41, 5.74) is 0. The topological polar surface area (TPSA) is 18.5 Å². The zero-order chi connectivity index (χ0) is 15.1. The van der Waals surface area contributed by atoms with Crippen molar-refractivity contribution in [2.24, 2.45) is 5.92 Å². The second-order valence-electron chi connectivity index (χ2n) is 7.60. The van der Waals surface area contributed by atoms with Crippen LogP contribution in [0.2, 0.25) is 0 Å². The van der Waals surface area contributed by atoms with Crippen molar-refractivity contribution in [3.63, 3.8) is 0 Å². The van der Waals surface area contributed by atoms with E-state index in [2.05, 4.69) is 35.9 Å². The maximum absolute atomic E-state index is 3.58. The first-order chi connectivity index (χ1) is 10.2. The van der Waals surface area contributed by atoms with Gasteiger partial charge in [-0.05, 0) is 84.2 Å². The van der Waals surface area contributed by atoms with Crippen molar-refractivity contribution in [1.29, 1.82) is 0 Å². The highest BCUT2D eigenvalue weighted by Gasteiger charge is 2.27. The number of rotatable bonds is 7.